The Kier molecular flexibility index (Phi) is 6.02. The van der Waals surface area contributed by atoms with Crippen LogP contribution < -0.4 is 19.7 Å². The van der Waals surface area contributed by atoms with E-state index < -0.39 is 23.6 Å². The maximum Gasteiger partial charge on any atom is 0.416 e. The predicted molar refractivity (Wildman–Crippen MR) is 120 cm³/mol. The molecule has 1 heterocycles. The molecular formula is C25H19F3N2O4. The van der Waals surface area contributed by atoms with Gasteiger partial charge in [0.2, 0.25) is 0 Å². The molecule has 2 amide bonds. The largest absolute Gasteiger partial charge is 0.497 e. The van der Waals surface area contributed by atoms with Crippen molar-refractivity contribution in [2.75, 3.05) is 24.4 Å². The highest BCUT2D eigenvalue weighted by molar-refractivity contribution is 6.46. The van der Waals surface area contributed by atoms with Gasteiger partial charge in [0.1, 0.15) is 17.2 Å². The van der Waals surface area contributed by atoms with Crippen LogP contribution >= 0.6 is 0 Å². The Morgan fingerprint density at radius 2 is 1.38 bits per heavy atom. The summed E-state index contributed by atoms with van der Waals surface area (Å²) in [4.78, 5) is 27.8. The van der Waals surface area contributed by atoms with Crippen LogP contribution in [0.25, 0.3) is 5.57 Å². The zero-order chi connectivity index (χ0) is 24.5. The van der Waals surface area contributed by atoms with Crippen molar-refractivity contribution in [3.05, 3.63) is 89.6 Å². The summed E-state index contributed by atoms with van der Waals surface area (Å²) in [5.74, 6) is -0.234. The predicted octanol–water partition coefficient (Wildman–Crippen LogP) is 5.12. The molecule has 0 spiro atoms. The van der Waals surface area contributed by atoms with Gasteiger partial charge in [-0.3, -0.25) is 9.59 Å². The quantitative estimate of drug-likeness (QED) is 0.509. The van der Waals surface area contributed by atoms with Crippen molar-refractivity contribution < 1.29 is 32.2 Å². The average molecular weight is 468 g/mol. The molecule has 0 aromatic heterocycles. The molecule has 0 fully saturated rings. The van der Waals surface area contributed by atoms with E-state index in [2.05, 4.69) is 5.32 Å². The molecule has 0 unspecified atom stereocenters. The first-order chi connectivity index (χ1) is 16.2. The number of amides is 2. The van der Waals surface area contributed by atoms with Crippen molar-refractivity contribution >= 4 is 28.8 Å². The lowest BCUT2D eigenvalue weighted by Gasteiger charge is -2.16. The second-order valence-electron chi connectivity index (χ2n) is 7.33. The van der Waals surface area contributed by atoms with Crippen molar-refractivity contribution in [2.45, 2.75) is 6.18 Å². The molecule has 1 aliphatic heterocycles. The summed E-state index contributed by atoms with van der Waals surface area (Å²) >= 11 is 0. The normalized spacial score (nSPS) is 14.0. The summed E-state index contributed by atoms with van der Waals surface area (Å²) in [5.41, 5.74) is -0.264. The Morgan fingerprint density at radius 3 is 1.94 bits per heavy atom. The lowest BCUT2D eigenvalue weighted by atomic mass is 10.0. The third-order valence-corrected chi connectivity index (χ3v) is 5.25. The number of carbonyl (C=O) groups excluding carboxylic acids is 2. The Labute approximate surface area is 193 Å². The first-order valence-electron chi connectivity index (χ1n) is 10.1. The Hall–Kier alpha value is -4.27. The van der Waals surface area contributed by atoms with Crippen molar-refractivity contribution in [2.24, 2.45) is 0 Å². The van der Waals surface area contributed by atoms with Gasteiger partial charge in [-0.05, 0) is 60.2 Å². The molecule has 0 atom stereocenters. The standard InChI is InChI=1S/C25H19F3N2O4/c1-33-19-10-6-15(7-11-19)21-22(29-17-5-3-4-16(14-17)25(26,27)28)24(32)30(23(21)31)18-8-12-20(34-2)13-9-18/h3-14,29H,1-2H3. The number of anilines is 2. The summed E-state index contributed by atoms with van der Waals surface area (Å²) in [7, 11) is 2.98. The van der Waals surface area contributed by atoms with Gasteiger partial charge in [-0.1, -0.05) is 18.2 Å². The van der Waals surface area contributed by atoms with Gasteiger partial charge in [-0.25, -0.2) is 4.90 Å². The number of hydrogen-bond acceptors (Lipinski definition) is 5. The molecular weight excluding hydrogens is 449 g/mol. The fourth-order valence-electron chi connectivity index (χ4n) is 3.55. The molecule has 174 valence electrons. The lowest BCUT2D eigenvalue weighted by Crippen LogP contribution is -2.32. The van der Waals surface area contributed by atoms with Crippen LogP contribution in [0.4, 0.5) is 24.5 Å². The highest BCUT2D eigenvalue weighted by atomic mass is 19.4. The molecule has 34 heavy (non-hydrogen) atoms. The van der Waals surface area contributed by atoms with E-state index in [1.807, 2.05) is 0 Å². The summed E-state index contributed by atoms with van der Waals surface area (Å²) in [6, 6.07) is 17.2. The van der Waals surface area contributed by atoms with Crippen LogP contribution in [-0.4, -0.2) is 26.0 Å². The van der Waals surface area contributed by atoms with Gasteiger partial charge in [0.25, 0.3) is 11.8 Å². The second-order valence-corrected chi connectivity index (χ2v) is 7.33. The van der Waals surface area contributed by atoms with E-state index in [1.54, 1.807) is 48.5 Å². The number of nitrogens with zero attached hydrogens (tertiary/aromatic N) is 1. The number of nitrogens with one attached hydrogen (secondary N) is 1. The summed E-state index contributed by atoms with van der Waals surface area (Å²) < 4.78 is 49.8. The summed E-state index contributed by atoms with van der Waals surface area (Å²) in [6.07, 6.45) is -4.56. The van der Waals surface area contributed by atoms with E-state index in [-0.39, 0.29) is 17.0 Å². The lowest BCUT2D eigenvalue weighted by molar-refractivity contribution is -0.137. The summed E-state index contributed by atoms with van der Waals surface area (Å²) in [6.45, 7) is 0. The molecule has 1 N–H and O–H groups in total. The highest BCUT2D eigenvalue weighted by Gasteiger charge is 2.40. The van der Waals surface area contributed by atoms with Crippen LogP contribution in [0.15, 0.2) is 78.5 Å². The molecule has 0 radical (unpaired) electrons. The maximum absolute atomic E-state index is 13.4. The fourth-order valence-corrected chi connectivity index (χ4v) is 3.55. The molecule has 0 bridgehead atoms. The monoisotopic (exact) mass is 468 g/mol. The van der Waals surface area contributed by atoms with E-state index in [0.717, 1.165) is 17.0 Å². The molecule has 3 aromatic carbocycles. The Balaban J connectivity index is 1.79. The smallest absolute Gasteiger partial charge is 0.416 e. The van der Waals surface area contributed by atoms with Crippen molar-refractivity contribution in [3.63, 3.8) is 0 Å². The molecule has 0 saturated heterocycles. The third kappa shape index (κ3) is 4.32. The Morgan fingerprint density at radius 1 is 0.794 bits per heavy atom. The Bertz CT molecular complexity index is 1270. The third-order valence-electron chi connectivity index (χ3n) is 5.25. The molecule has 4 rings (SSSR count). The van der Waals surface area contributed by atoms with Crippen LogP contribution in [0, 0.1) is 0 Å². The fraction of sp³-hybridized carbons (Fsp3) is 0.120. The van der Waals surface area contributed by atoms with Crippen LogP contribution in [0.1, 0.15) is 11.1 Å². The van der Waals surface area contributed by atoms with Crippen LogP contribution in [0.3, 0.4) is 0 Å². The number of benzene rings is 3. The minimum Gasteiger partial charge on any atom is -0.497 e. The van der Waals surface area contributed by atoms with Crippen molar-refractivity contribution in [1.82, 2.24) is 0 Å². The van der Waals surface area contributed by atoms with E-state index in [9.17, 15) is 22.8 Å². The number of methoxy groups -OCH3 is 2. The van der Waals surface area contributed by atoms with E-state index >= 15 is 0 Å². The molecule has 1 aliphatic rings. The van der Waals surface area contributed by atoms with Crippen molar-refractivity contribution in [1.29, 1.82) is 0 Å². The molecule has 3 aromatic rings. The number of ether oxygens (including phenoxy) is 2. The van der Waals surface area contributed by atoms with Crippen LogP contribution in [0.5, 0.6) is 11.5 Å². The van der Waals surface area contributed by atoms with Crippen LogP contribution in [-0.2, 0) is 15.8 Å². The highest BCUT2D eigenvalue weighted by Crippen LogP contribution is 2.36. The zero-order valence-electron chi connectivity index (χ0n) is 18.1. The SMILES string of the molecule is COc1ccc(C2=C(Nc3cccc(C(F)(F)F)c3)C(=O)N(c3ccc(OC)cc3)C2=O)cc1. The van der Waals surface area contributed by atoms with Gasteiger partial charge in [0.15, 0.2) is 0 Å². The van der Waals surface area contributed by atoms with E-state index in [0.29, 0.717) is 22.7 Å². The van der Waals surface area contributed by atoms with E-state index in [1.165, 1.54) is 26.4 Å². The van der Waals surface area contributed by atoms with Gasteiger partial charge in [0, 0.05) is 5.69 Å². The molecule has 0 aliphatic carbocycles. The topological polar surface area (TPSA) is 67.9 Å². The first-order valence-corrected chi connectivity index (χ1v) is 10.1. The molecule has 6 nitrogen and oxygen atoms in total. The van der Waals surface area contributed by atoms with Gasteiger partial charge in [-0.2, -0.15) is 13.2 Å². The number of imide groups is 1. The number of alkyl halides is 3. The van der Waals surface area contributed by atoms with Crippen LogP contribution in [0.2, 0.25) is 0 Å². The minimum atomic E-state index is -4.56. The minimum absolute atomic E-state index is 0.0218. The summed E-state index contributed by atoms with van der Waals surface area (Å²) in [5, 5.41) is 2.74. The average Bonchev–Trinajstić information content (AvgIpc) is 3.08. The zero-order valence-corrected chi connectivity index (χ0v) is 18.1. The van der Waals surface area contributed by atoms with E-state index in [4.69, 9.17) is 9.47 Å². The molecule has 0 saturated carbocycles. The van der Waals surface area contributed by atoms with Gasteiger partial charge in [0.05, 0.1) is 31.0 Å². The van der Waals surface area contributed by atoms with Gasteiger partial charge < -0.3 is 14.8 Å². The van der Waals surface area contributed by atoms with Gasteiger partial charge in [-0.15, -0.1) is 0 Å². The molecule has 9 heteroatoms. The second kappa shape index (κ2) is 8.93. The first kappa shape index (κ1) is 22.9. The maximum atomic E-state index is 13.4. The number of carbonyl (C=O) groups is 2. The number of hydrogen-bond donors (Lipinski definition) is 1. The van der Waals surface area contributed by atoms with Gasteiger partial charge >= 0.3 is 6.18 Å². The number of rotatable bonds is 6. The number of halogens is 3. The van der Waals surface area contributed by atoms with Crippen molar-refractivity contribution in [3.8, 4) is 11.5 Å².